The lowest BCUT2D eigenvalue weighted by Crippen LogP contribution is -2.14. The van der Waals surface area contributed by atoms with Crippen molar-refractivity contribution >= 4 is 34.5 Å². The van der Waals surface area contributed by atoms with Crippen molar-refractivity contribution < 1.29 is 23.1 Å². The number of hydrogen-bond donors (Lipinski definition) is 2. The molecule has 3 rings (SSSR count). The van der Waals surface area contributed by atoms with Crippen LogP contribution in [0.3, 0.4) is 0 Å². The van der Waals surface area contributed by atoms with Crippen molar-refractivity contribution in [3.63, 3.8) is 0 Å². The van der Waals surface area contributed by atoms with Crippen molar-refractivity contribution in [3.05, 3.63) is 76.5 Å². The molecule has 2 N–H and O–H groups in total. The van der Waals surface area contributed by atoms with Gasteiger partial charge in [0, 0.05) is 11.3 Å². The third-order valence-electron chi connectivity index (χ3n) is 3.50. The molecular weight excluding hydrogens is 374 g/mol. The minimum Gasteiger partial charge on any atom is -0.433 e. The smallest absolute Gasteiger partial charge is 0.387 e. The lowest BCUT2D eigenvalue weighted by molar-refractivity contribution is -0.0493. The number of carbonyl (C=O) groups is 2. The number of nitrogens with one attached hydrogen (secondary N) is 2. The summed E-state index contributed by atoms with van der Waals surface area (Å²) in [6, 6.07) is 15.6. The lowest BCUT2D eigenvalue weighted by atomic mass is 10.2. The summed E-state index contributed by atoms with van der Waals surface area (Å²) in [4.78, 5) is 24.9. The number of hydrogen-bond acceptors (Lipinski definition) is 4. The van der Waals surface area contributed by atoms with Gasteiger partial charge in [-0.05, 0) is 47.8 Å². The average molecular weight is 388 g/mol. The second-order valence-corrected chi connectivity index (χ2v) is 6.29. The Morgan fingerprint density at radius 2 is 1.63 bits per heavy atom. The number of alkyl halides is 2. The monoisotopic (exact) mass is 388 g/mol. The fourth-order valence-electron chi connectivity index (χ4n) is 2.27. The molecule has 27 heavy (non-hydrogen) atoms. The van der Waals surface area contributed by atoms with Crippen LogP contribution in [-0.4, -0.2) is 18.4 Å². The summed E-state index contributed by atoms with van der Waals surface area (Å²) >= 11 is 1.32. The number of ether oxygens (including phenoxy) is 1. The van der Waals surface area contributed by atoms with Crippen molar-refractivity contribution in [1.82, 2.24) is 0 Å². The summed E-state index contributed by atoms with van der Waals surface area (Å²) in [5.41, 5.74) is 0.972. The molecule has 2 aromatic carbocycles. The van der Waals surface area contributed by atoms with Crippen LogP contribution in [-0.2, 0) is 0 Å². The Labute approximate surface area is 157 Å². The summed E-state index contributed by atoms with van der Waals surface area (Å²) < 4.78 is 29.3. The average Bonchev–Trinajstić information content (AvgIpc) is 3.18. The van der Waals surface area contributed by atoms with Gasteiger partial charge in [-0.1, -0.05) is 18.2 Å². The SMILES string of the molecule is O=C(Nc1ccccc1OC(F)F)c1ccc(NC(=O)c2cccs2)cc1. The van der Waals surface area contributed by atoms with Crippen LogP contribution < -0.4 is 15.4 Å². The molecule has 0 saturated heterocycles. The molecule has 1 heterocycles. The molecule has 0 aliphatic carbocycles. The van der Waals surface area contributed by atoms with Gasteiger partial charge < -0.3 is 15.4 Å². The molecule has 2 amide bonds. The largest absolute Gasteiger partial charge is 0.433 e. The van der Waals surface area contributed by atoms with Crippen LogP contribution in [0.4, 0.5) is 20.2 Å². The number of benzene rings is 2. The minimum atomic E-state index is -2.99. The predicted octanol–water partition coefficient (Wildman–Crippen LogP) is 4.85. The molecule has 0 aliphatic heterocycles. The number of halogens is 2. The number of rotatable bonds is 6. The van der Waals surface area contributed by atoms with Gasteiger partial charge in [0.25, 0.3) is 11.8 Å². The van der Waals surface area contributed by atoms with E-state index in [4.69, 9.17) is 0 Å². The topological polar surface area (TPSA) is 67.4 Å². The molecular formula is C19H14F2N2O3S. The van der Waals surface area contributed by atoms with Gasteiger partial charge in [-0.3, -0.25) is 9.59 Å². The Hall–Kier alpha value is -3.26. The van der Waals surface area contributed by atoms with Crippen LogP contribution in [0.15, 0.2) is 66.0 Å². The summed E-state index contributed by atoms with van der Waals surface area (Å²) in [5.74, 6) is -0.850. The van der Waals surface area contributed by atoms with Crippen molar-refractivity contribution in [2.75, 3.05) is 10.6 Å². The van der Waals surface area contributed by atoms with Crippen LogP contribution >= 0.6 is 11.3 Å². The van der Waals surface area contributed by atoms with E-state index in [1.54, 1.807) is 35.7 Å². The Kier molecular flexibility index (Phi) is 5.77. The van der Waals surface area contributed by atoms with E-state index in [0.29, 0.717) is 16.1 Å². The highest BCUT2D eigenvalue weighted by atomic mass is 32.1. The summed E-state index contributed by atoms with van der Waals surface area (Å²) in [6.07, 6.45) is 0. The van der Waals surface area contributed by atoms with Crippen molar-refractivity contribution in [2.24, 2.45) is 0 Å². The maximum Gasteiger partial charge on any atom is 0.387 e. The van der Waals surface area contributed by atoms with Crippen molar-refractivity contribution in [3.8, 4) is 5.75 Å². The molecule has 0 spiro atoms. The number of para-hydroxylation sites is 2. The Bertz CT molecular complexity index is 928. The summed E-state index contributed by atoms with van der Waals surface area (Å²) in [5, 5.41) is 7.06. The molecule has 138 valence electrons. The molecule has 0 saturated carbocycles. The zero-order chi connectivity index (χ0) is 19.2. The molecule has 0 radical (unpaired) electrons. The normalized spacial score (nSPS) is 10.5. The third kappa shape index (κ3) is 4.89. The number of amides is 2. The molecule has 8 heteroatoms. The van der Waals surface area contributed by atoms with E-state index < -0.39 is 12.5 Å². The Morgan fingerprint density at radius 3 is 2.30 bits per heavy atom. The molecule has 3 aromatic rings. The van der Waals surface area contributed by atoms with Crippen LogP contribution in [0.2, 0.25) is 0 Å². The van der Waals surface area contributed by atoms with E-state index in [0.717, 1.165) is 0 Å². The van der Waals surface area contributed by atoms with E-state index in [9.17, 15) is 18.4 Å². The second kappa shape index (κ2) is 8.41. The van der Waals surface area contributed by atoms with Crippen LogP contribution in [0.5, 0.6) is 5.75 Å². The third-order valence-corrected chi connectivity index (χ3v) is 4.37. The minimum absolute atomic E-state index is 0.124. The fraction of sp³-hybridized carbons (Fsp3) is 0.0526. The van der Waals surface area contributed by atoms with Gasteiger partial charge in [0.05, 0.1) is 10.6 Å². The van der Waals surface area contributed by atoms with E-state index in [1.165, 1.54) is 41.7 Å². The van der Waals surface area contributed by atoms with Gasteiger partial charge >= 0.3 is 6.61 Å². The van der Waals surface area contributed by atoms with Gasteiger partial charge in [-0.25, -0.2) is 0 Å². The molecule has 0 fully saturated rings. The van der Waals surface area contributed by atoms with E-state index in [2.05, 4.69) is 15.4 Å². The zero-order valence-electron chi connectivity index (χ0n) is 13.8. The highest BCUT2D eigenvalue weighted by Gasteiger charge is 2.13. The van der Waals surface area contributed by atoms with E-state index >= 15 is 0 Å². The van der Waals surface area contributed by atoms with Gasteiger partial charge in [0.15, 0.2) is 0 Å². The van der Waals surface area contributed by atoms with E-state index in [-0.39, 0.29) is 17.3 Å². The first-order valence-corrected chi connectivity index (χ1v) is 8.71. The standard InChI is InChI=1S/C19H14F2N2O3S/c20-19(21)26-15-5-2-1-4-14(15)23-17(24)12-7-9-13(10-8-12)22-18(25)16-6-3-11-27-16/h1-11,19H,(H,22,25)(H,23,24). The summed E-state index contributed by atoms with van der Waals surface area (Å²) in [6.45, 7) is -2.99. The molecule has 1 aromatic heterocycles. The first-order chi connectivity index (χ1) is 13.0. The first-order valence-electron chi connectivity index (χ1n) is 7.83. The number of carbonyl (C=O) groups excluding carboxylic acids is 2. The number of thiophene rings is 1. The van der Waals surface area contributed by atoms with Gasteiger partial charge in [-0.2, -0.15) is 8.78 Å². The predicted molar refractivity (Wildman–Crippen MR) is 99.7 cm³/mol. The quantitative estimate of drug-likeness (QED) is 0.634. The van der Waals surface area contributed by atoms with Crippen LogP contribution in [0.1, 0.15) is 20.0 Å². The van der Waals surface area contributed by atoms with Crippen molar-refractivity contribution in [1.29, 1.82) is 0 Å². The molecule has 5 nitrogen and oxygen atoms in total. The highest BCUT2D eigenvalue weighted by Crippen LogP contribution is 2.26. The van der Waals surface area contributed by atoms with Crippen LogP contribution in [0.25, 0.3) is 0 Å². The van der Waals surface area contributed by atoms with Crippen molar-refractivity contribution in [2.45, 2.75) is 6.61 Å². The first kappa shape index (κ1) is 18.5. The van der Waals surface area contributed by atoms with Gasteiger partial charge in [0.2, 0.25) is 0 Å². The van der Waals surface area contributed by atoms with E-state index in [1.807, 2.05) is 0 Å². The van der Waals surface area contributed by atoms with Gasteiger partial charge in [0.1, 0.15) is 5.75 Å². The molecule has 0 atom stereocenters. The second-order valence-electron chi connectivity index (χ2n) is 5.34. The van der Waals surface area contributed by atoms with Gasteiger partial charge in [-0.15, -0.1) is 11.3 Å². The highest BCUT2D eigenvalue weighted by molar-refractivity contribution is 7.12. The molecule has 0 aliphatic rings. The zero-order valence-corrected chi connectivity index (χ0v) is 14.6. The molecule has 0 bridgehead atoms. The van der Waals surface area contributed by atoms with Crippen LogP contribution in [0, 0.1) is 0 Å². The Morgan fingerprint density at radius 1 is 0.889 bits per heavy atom. The Balaban J connectivity index is 1.67. The summed E-state index contributed by atoms with van der Waals surface area (Å²) in [7, 11) is 0. The maximum absolute atomic E-state index is 12.4. The maximum atomic E-state index is 12.4. The number of anilines is 2. The fourth-order valence-corrected chi connectivity index (χ4v) is 2.89. The lowest BCUT2D eigenvalue weighted by Gasteiger charge is -2.12. The molecule has 0 unspecified atom stereocenters.